The summed E-state index contributed by atoms with van der Waals surface area (Å²) in [5.41, 5.74) is 1.07. The molecule has 0 spiro atoms. The van der Waals surface area contributed by atoms with Crippen LogP contribution in [0.3, 0.4) is 0 Å². The van der Waals surface area contributed by atoms with E-state index in [1.165, 1.54) is 16.8 Å². The molecular formula is C19H18N2O2. The van der Waals surface area contributed by atoms with Crippen LogP contribution in [0.1, 0.15) is 5.76 Å². The minimum atomic E-state index is -0.138. The number of nitrogens with one attached hydrogen (secondary N) is 2. The van der Waals surface area contributed by atoms with Gasteiger partial charge in [-0.05, 0) is 29.7 Å². The summed E-state index contributed by atoms with van der Waals surface area (Å²) in [6.45, 7) is 1.21. The molecule has 0 fully saturated rings. The van der Waals surface area contributed by atoms with E-state index in [9.17, 15) is 4.79 Å². The predicted octanol–water partition coefficient (Wildman–Crippen LogP) is 3.67. The molecule has 2 N–H and O–H groups in total. The molecule has 23 heavy (non-hydrogen) atoms. The van der Waals surface area contributed by atoms with E-state index in [4.69, 9.17) is 4.42 Å². The molecule has 0 saturated carbocycles. The Morgan fingerprint density at radius 3 is 2.74 bits per heavy atom. The molecule has 0 radical (unpaired) electrons. The average Bonchev–Trinajstić information content (AvgIpc) is 3.10. The van der Waals surface area contributed by atoms with Crippen LogP contribution in [-0.4, -0.2) is 19.0 Å². The van der Waals surface area contributed by atoms with Gasteiger partial charge in [0.1, 0.15) is 5.76 Å². The normalized spacial score (nSPS) is 11.0. The lowest BCUT2D eigenvalue weighted by Crippen LogP contribution is -2.27. The molecule has 3 aromatic rings. The lowest BCUT2D eigenvalue weighted by atomic mass is 10.1. The number of fused-ring (bicyclic) bond motifs is 1. The van der Waals surface area contributed by atoms with Crippen molar-refractivity contribution in [2.45, 2.75) is 0 Å². The number of anilines is 1. The summed E-state index contributed by atoms with van der Waals surface area (Å²) in [7, 11) is 0. The van der Waals surface area contributed by atoms with Crippen LogP contribution in [0.2, 0.25) is 0 Å². The summed E-state index contributed by atoms with van der Waals surface area (Å²) in [5.74, 6) is 0.523. The number of hydrogen-bond donors (Lipinski definition) is 2. The lowest BCUT2D eigenvalue weighted by molar-refractivity contribution is -0.116. The third kappa shape index (κ3) is 4.01. The summed E-state index contributed by atoms with van der Waals surface area (Å²) in [5, 5.41) is 8.57. The average molecular weight is 306 g/mol. The second kappa shape index (κ2) is 7.31. The highest BCUT2D eigenvalue weighted by Crippen LogP contribution is 2.22. The number of amides is 1. The summed E-state index contributed by atoms with van der Waals surface area (Å²) >= 11 is 0. The van der Waals surface area contributed by atoms with Crippen molar-refractivity contribution in [2.75, 3.05) is 18.4 Å². The molecule has 1 heterocycles. The molecule has 0 atom stereocenters. The molecule has 0 saturated heterocycles. The Morgan fingerprint density at radius 1 is 1.00 bits per heavy atom. The summed E-state index contributed by atoms with van der Waals surface area (Å²) < 4.78 is 5.13. The Hall–Kier alpha value is -3.01. The zero-order valence-corrected chi connectivity index (χ0v) is 12.7. The third-order valence-corrected chi connectivity index (χ3v) is 3.47. The second-order valence-corrected chi connectivity index (χ2v) is 5.09. The van der Waals surface area contributed by atoms with E-state index in [0.717, 1.165) is 5.69 Å². The van der Waals surface area contributed by atoms with E-state index < -0.39 is 0 Å². The largest absolute Gasteiger partial charge is 0.465 e. The zero-order chi connectivity index (χ0) is 15.9. The molecule has 2 aromatic carbocycles. The van der Waals surface area contributed by atoms with Crippen molar-refractivity contribution in [3.63, 3.8) is 0 Å². The topological polar surface area (TPSA) is 54.3 Å². The van der Waals surface area contributed by atoms with Crippen LogP contribution in [0.25, 0.3) is 16.8 Å². The maximum Gasteiger partial charge on any atom is 0.244 e. The Bertz CT molecular complexity index is 802. The molecule has 3 rings (SSSR count). The number of furan rings is 1. The van der Waals surface area contributed by atoms with Gasteiger partial charge in [-0.15, -0.1) is 0 Å². The van der Waals surface area contributed by atoms with Crippen LogP contribution in [0.5, 0.6) is 0 Å². The Labute approximate surface area is 134 Å². The standard InChI is InChI=1S/C19H18N2O2/c22-19(11-10-16-7-4-14-23-16)21-13-12-20-18-9-3-6-15-5-1-2-8-17(15)18/h1-11,14,20H,12-13H2,(H,21,22)/b11-10+. The summed E-state index contributed by atoms with van der Waals surface area (Å²) in [6, 6.07) is 18.0. The number of rotatable bonds is 6. The fraction of sp³-hybridized carbons (Fsp3) is 0.105. The minimum absolute atomic E-state index is 0.138. The molecule has 1 aromatic heterocycles. The molecule has 4 nitrogen and oxygen atoms in total. The smallest absolute Gasteiger partial charge is 0.244 e. The summed E-state index contributed by atoms with van der Waals surface area (Å²) in [6.07, 6.45) is 4.69. The molecule has 4 heteroatoms. The first-order valence-corrected chi connectivity index (χ1v) is 7.54. The Morgan fingerprint density at radius 2 is 1.87 bits per heavy atom. The molecular weight excluding hydrogens is 288 g/mol. The van der Waals surface area contributed by atoms with Gasteiger partial charge in [-0.2, -0.15) is 0 Å². The first-order valence-electron chi connectivity index (χ1n) is 7.54. The van der Waals surface area contributed by atoms with Gasteiger partial charge in [-0.25, -0.2) is 0 Å². The van der Waals surface area contributed by atoms with E-state index >= 15 is 0 Å². The molecule has 0 aliphatic rings. The van der Waals surface area contributed by atoms with E-state index in [0.29, 0.717) is 18.8 Å². The van der Waals surface area contributed by atoms with Gasteiger partial charge in [-0.3, -0.25) is 4.79 Å². The molecule has 0 bridgehead atoms. The van der Waals surface area contributed by atoms with E-state index in [1.54, 1.807) is 24.5 Å². The van der Waals surface area contributed by atoms with Gasteiger partial charge in [0.15, 0.2) is 0 Å². The number of carbonyl (C=O) groups excluding carboxylic acids is 1. The monoisotopic (exact) mass is 306 g/mol. The van der Waals surface area contributed by atoms with Gasteiger partial charge >= 0.3 is 0 Å². The van der Waals surface area contributed by atoms with Gasteiger partial charge in [0, 0.05) is 30.2 Å². The van der Waals surface area contributed by atoms with Gasteiger partial charge in [-0.1, -0.05) is 36.4 Å². The third-order valence-electron chi connectivity index (χ3n) is 3.47. The van der Waals surface area contributed by atoms with Crippen molar-refractivity contribution in [1.82, 2.24) is 5.32 Å². The quantitative estimate of drug-likeness (QED) is 0.539. The number of hydrogen-bond acceptors (Lipinski definition) is 3. The van der Waals surface area contributed by atoms with Crippen molar-refractivity contribution in [3.05, 3.63) is 72.7 Å². The van der Waals surface area contributed by atoms with E-state index in [-0.39, 0.29) is 5.91 Å². The number of carbonyl (C=O) groups is 1. The van der Waals surface area contributed by atoms with Crippen molar-refractivity contribution >= 4 is 28.4 Å². The molecule has 0 aliphatic carbocycles. The molecule has 0 aliphatic heterocycles. The van der Waals surface area contributed by atoms with Gasteiger partial charge < -0.3 is 15.1 Å². The van der Waals surface area contributed by atoms with E-state index in [1.807, 2.05) is 24.3 Å². The molecule has 1 amide bonds. The van der Waals surface area contributed by atoms with Gasteiger partial charge in [0.05, 0.1) is 6.26 Å². The van der Waals surface area contributed by atoms with Crippen molar-refractivity contribution in [1.29, 1.82) is 0 Å². The fourth-order valence-corrected chi connectivity index (χ4v) is 2.37. The fourth-order valence-electron chi connectivity index (χ4n) is 2.37. The first kappa shape index (κ1) is 14.9. The van der Waals surface area contributed by atoms with Crippen LogP contribution in [-0.2, 0) is 4.79 Å². The maximum absolute atomic E-state index is 11.7. The van der Waals surface area contributed by atoms with Crippen LogP contribution < -0.4 is 10.6 Å². The first-order chi connectivity index (χ1) is 11.3. The second-order valence-electron chi connectivity index (χ2n) is 5.09. The van der Waals surface area contributed by atoms with Crippen molar-refractivity contribution in [3.8, 4) is 0 Å². The van der Waals surface area contributed by atoms with E-state index in [2.05, 4.69) is 28.8 Å². The molecule has 0 unspecified atom stereocenters. The Balaban J connectivity index is 1.48. The molecule has 116 valence electrons. The zero-order valence-electron chi connectivity index (χ0n) is 12.7. The highest BCUT2D eigenvalue weighted by molar-refractivity contribution is 5.94. The van der Waals surface area contributed by atoms with Gasteiger partial charge in [0.2, 0.25) is 5.91 Å². The SMILES string of the molecule is O=C(/C=C/c1ccco1)NCCNc1cccc2ccccc12. The van der Waals surface area contributed by atoms with Crippen LogP contribution in [0.4, 0.5) is 5.69 Å². The summed E-state index contributed by atoms with van der Waals surface area (Å²) in [4.78, 5) is 11.7. The van der Waals surface area contributed by atoms with Crippen LogP contribution in [0.15, 0.2) is 71.4 Å². The minimum Gasteiger partial charge on any atom is -0.465 e. The highest BCUT2D eigenvalue weighted by atomic mass is 16.3. The maximum atomic E-state index is 11.7. The lowest BCUT2D eigenvalue weighted by Gasteiger charge is -2.10. The Kier molecular flexibility index (Phi) is 4.74. The highest BCUT2D eigenvalue weighted by Gasteiger charge is 2.00. The van der Waals surface area contributed by atoms with Crippen LogP contribution in [0, 0.1) is 0 Å². The number of benzene rings is 2. The van der Waals surface area contributed by atoms with Gasteiger partial charge in [0.25, 0.3) is 0 Å². The predicted molar refractivity (Wildman–Crippen MR) is 93.2 cm³/mol. The van der Waals surface area contributed by atoms with Crippen molar-refractivity contribution < 1.29 is 9.21 Å². The van der Waals surface area contributed by atoms with Crippen LogP contribution >= 0.6 is 0 Å². The van der Waals surface area contributed by atoms with Crippen molar-refractivity contribution in [2.24, 2.45) is 0 Å².